The molecule has 0 atom stereocenters. The number of aromatic nitrogens is 2. The number of H-pyrrole nitrogens is 1. The molecule has 0 aromatic carbocycles. The second-order valence-corrected chi connectivity index (χ2v) is 2.02. The molecule has 0 fully saturated rings. The molecule has 0 bridgehead atoms. The third-order valence-electron chi connectivity index (χ3n) is 1.02. The summed E-state index contributed by atoms with van der Waals surface area (Å²) in [6.07, 6.45) is 1.07. The summed E-state index contributed by atoms with van der Waals surface area (Å²) in [7, 11) is 0. The van der Waals surface area contributed by atoms with Gasteiger partial charge in [-0.25, -0.2) is 9.59 Å². The van der Waals surface area contributed by atoms with E-state index >= 15 is 0 Å². The Kier molecular flexibility index (Phi) is 4.68. The van der Waals surface area contributed by atoms with E-state index in [1.165, 1.54) is 0 Å². The van der Waals surface area contributed by atoms with Crippen LogP contribution in [-0.4, -0.2) is 15.7 Å². The molecule has 6 nitrogen and oxygen atoms in total. The second kappa shape index (κ2) is 5.00. The summed E-state index contributed by atoms with van der Waals surface area (Å²) >= 11 is 0. The van der Waals surface area contributed by atoms with Gasteiger partial charge in [0.05, 0.1) is 6.20 Å². The molecular formula is C6H7N2NaO4. The van der Waals surface area contributed by atoms with E-state index in [-0.39, 0.29) is 31.0 Å². The fraction of sp³-hybridized carbons (Fsp3) is 0.167. The molecule has 13 heavy (non-hydrogen) atoms. The van der Waals surface area contributed by atoms with Crippen LogP contribution in [0.15, 0.2) is 21.9 Å². The molecule has 0 aliphatic carbocycles. The first-order chi connectivity index (χ1) is 5.59. The molecule has 1 heterocycles. The van der Waals surface area contributed by atoms with Gasteiger partial charge in [0.25, 0.3) is 5.56 Å². The van der Waals surface area contributed by atoms with Crippen molar-refractivity contribution < 1.29 is 40.6 Å². The van der Waals surface area contributed by atoms with Crippen molar-refractivity contribution in [1.29, 1.82) is 0 Å². The molecule has 1 aromatic heterocycles. The Labute approximate surface area is 96.3 Å². The maximum absolute atomic E-state index is 10.8. The van der Waals surface area contributed by atoms with Crippen LogP contribution < -0.4 is 45.6 Å². The van der Waals surface area contributed by atoms with Gasteiger partial charge in [-0.3, -0.25) is 9.78 Å². The van der Waals surface area contributed by atoms with E-state index in [2.05, 4.69) is 4.84 Å². The Morgan fingerprint density at radius 2 is 2.23 bits per heavy atom. The SMILES string of the molecule is CC(=O)On1ccc(=O)[nH]c1=O.[H-].[Na+]. The average Bonchev–Trinajstić information content (AvgIpc) is 1.94. The minimum absolute atomic E-state index is 0. The number of nitrogens with one attached hydrogen (secondary N) is 1. The van der Waals surface area contributed by atoms with Crippen LogP contribution in [0.25, 0.3) is 0 Å². The molecule has 1 aromatic rings. The number of hydrogen-bond acceptors (Lipinski definition) is 4. The molecule has 0 radical (unpaired) electrons. The summed E-state index contributed by atoms with van der Waals surface area (Å²) < 4.78 is 0.643. The number of aromatic amines is 1. The van der Waals surface area contributed by atoms with Crippen molar-refractivity contribution >= 4 is 5.97 Å². The third kappa shape index (κ3) is 3.58. The Morgan fingerprint density at radius 3 is 2.69 bits per heavy atom. The molecule has 66 valence electrons. The van der Waals surface area contributed by atoms with Gasteiger partial charge in [0, 0.05) is 13.0 Å². The van der Waals surface area contributed by atoms with Gasteiger partial charge in [0.15, 0.2) is 0 Å². The van der Waals surface area contributed by atoms with Gasteiger partial charge in [-0.15, -0.1) is 4.73 Å². The van der Waals surface area contributed by atoms with Gasteiger partial charge in [0.2, 0.25) is 0 Å². The summed E-state index contributed by atoms with van der Waals surface area (Å²) in [6.45, 7) is 1.15. The van der Waals surface area contributed by atoms with Crippen LogP contribution >= 0.6 is 0 Å². The summed E-state index contributed by atoms with van der Waals surface area (Å²) in [5.74, 6) is -0.635. The van der Waals surface area contributed by atoms with Gasteiger partial charge in [-0.2, -0.15) is 0 Å². The maximum Gasteiger partial charge on any atom is 1.00 e. The molecule has 0 saturated carbocycles. The summed E-state index contributed by atoms with van der Waals surface area (Å²) in [5, 5.41) is 0. The molecular weight excluding hydrogens is 187 g/mol. The zero-order valence-corrected chi connectivity index (χ0v) is 9.23. The normalized spacial score (nSPS) is 8.69. The second-order valence-electron chi connectivity index (χ2n) is 2.02. The third-order valence-corrected chi connectivity index (χ3v) is 1.02. The minimum atomic E-state index is -0.780. The van der Waals surface area contributed by atoms with Crippen molar-refractivity contribution in [2.45, 2.75) is 6.92 Å². The number of nitrogens with zero attached hydrogens (tertiary/aromatic N) is 1. The van der Waals surface area contributed by atoms with Crippen LogP contribution in [0, 0.1) is 0 Å². The van der Waals surface area contributed by atoms with Crippen LogP contribution in [0.2, 0.25) is 0 Å². The molecule has 0 unspecified atom stereocenters. The molecule has 0 aliphatic heterocycles. The number of carbonyl (C=O) groups is 1. The van der Waals surface area contributed by atoms with Crippen molar-refractivity contribution in [2.75, 3.05) is 0 Å². The Bertz CT molecular complexity index is 413. The first-order valence-corrected chi connectivity index (χ1v) is 3.10. The summed E-state index contributed by atoms with van der Waals surface area (Å²) in [4.78, 5) is 38.0. The van der Waals surface area contributed by atoms with Crippen LogP contribution in [0.3, 0.4) is 0 Å². The van der Waals surface area contributed by atoms with Gasteiger partial charge < -0.3 is 6.26 Å². The topological polar surface area (TPSA) is 81.2 Å². The van der Waals surface area contributed by atoms with Crippen LogP contribution in [-0.2, 0) is 4.79 Å². The van der Waals surface area contributed by atoms with E-state index in [0.29, 0.717) is 4.73 Å². The first-order valence-electron chi connectivity index (χ1n) is 3.10. The Balaban J connectivity index is 0. The largest absolute Gasteiger partial charge is 1.00 e. The van der Waals surface area contributed by atoms with E-state index in [4.69, 9.17) is 0 Å². The van der Waals surface area contributed by atoms with Gasteiger partial charge in [-0.1, -0.05) is 0 Å². The molecule has 0 aliphatic rings. The minimum Gasteiger partial charge on any atom is -1.00 e. The quantitative estimate of drug-likeness (QED) is 0.458. The van der Waals surface area contributed by atoms with Crippen molar-refractivity contribution in [2.24, 2.45) is 0 Å². The van der Waals surface area contributed by atoms with Crippen molar-refractivity contribution in [1.82, 2.24) is 9.71 Å². The van der Waals surface area contributed by atoms with E-state index in [1.807, 2.05) is 4.98 Å². The standard InChI is InChI=1S/C6H6N2O4.Na.H/c1-4(9)12-8-3-2-5(10)7-6(8)11;;/h2-3H,1H3,(H,7,10,11);;/q;+1;-1. The zero-order chi connectivity index (χ0) is 9.14. The molecule has 1 rings (SSSR count). The zero-order valence-electron chi connectivity index (χ0n) is 8.23. The van der Waals surface area contributed by atoms with Crippen LogP contribution in [0.1, 0.15) is 8.35 Å². The fourth-order valence-electron chi connectivity index (χ4n) is 0.616. The van der Waals surface area contributed by atoms with Crippen LogP contribution in [0.4, 0.5) is 0 Å². The summed E-state index contributed by atoms with van der Waals surface area (Å²) in [6, 6.07) is 1.07. The van der Waals surface area contributed by atoms with Crippen molar-refractivity contribution in [3.05, 3.63) is 33.1 Å². The summed E-state index contributed by atoms with van der Waals surface area (Å²) in [5.41, 5.74) is -1.32. The first kappa shape index (κ1) is 12.2. The van der Waals surface area contributed by atoms with E-state index in [1.54, 1.807) is 0 Å². The molecule has 0 spiro atoms. The van der Waals surface area contributed by atoms with Crippen molar-refractivity contribution in [3.8, 4) is 0 Å². The van der Waals surface area contributed by atoms with Gasteiger partial charge in [-0.05, 0) is 0 Å². The fourth-order valence-corrected chi connectivity index (χ4v) is 0.616. The van der Waals surface area contributed by atoms with Crippen LogP contribution in [0.5, 0.6) is 0 Å². The number of carbonyl (C=O) groups excluding carboxylic acids is 1. The molecule has 1 N–H and O–H groups in total. The maximum atomic E-state index is 10.8. The monoisotopic (exact) mass is 194 g/mol. The predicted octanol–water partition coefficient (Wildman–Crippen LogP) is -4.37. The van der Waals surface area contributed by atoms with E-state index in [0.717, 1.165) is 19.2 Å². The Hall–Kier alpha value is -0.850. The average molecular weight is 194 g/mol. The van der Waals surface area contributed by atoms with Gasteiger partial charge in [0.1, 0.15) is 0 Å². The molecule has 0 amide bonds. The Morgan fingerprint density at radius 1 is 1.62 bits per heavy atom. The van der Waals surface area contributed by atoms with Crippen molar-refractivity contribution in [3.63, 3.8) is 0 Å². The predicted molar refractivity (Wildman–Crippen MR) is 39.7 cm³/mol. The number of hydrogen-bond donors (Lipinski definition) is 1. The number of rotatable bonds is 1. The molecule has 0 saturated heterocycles. The smallest absolute Gasteiger partial charge is 1.00 e. The van der Waals surface area contributed by atoms with E-state index < -0.39 is 17.2 Å². The van der Waals surface area contributed by atoms with E-state index in [9.17, 15) is 14.4 Å². The molecule has 7 heteroatoms. The van der Waals surface area contributed by atoms with Gasteiger partial charge >= 0.3 is 41.2 Å².